The van der Waals surface area contributed by atoms with Crippen LogP contribution in [0.2, 0.25) is 0 Å². The summed E-state index contributed by atoms with van der Waals surface area (Å²) in [7, 11) is 1.49. The van der Waals surface area contributed by atoms with E-state index in [1.807, 2.05) is 0 Å². The molecule has 1 amide bonds. The van der Waals surface area contributed by atoms with E-state index in [0.29, 0.717) is 17.0 Å². The molecule has 0 aliphatic carbocycles. The second-order valence-electron chi connectivity index (χ2n) is 4.13. The van der Waals surface area contributed by atoms with Crippen LogP contribution in [0.3, 0.4) is 0 Å². The highest BCUT2D eigenvalue weighted by Gasteiger charge is 2.13. The first-order valence-corrected chi connectivity index (χ1v) is 6.56. The zero-order valence-electron chi connectivity index (χ0n) is 11.3. The molecular formula is C15H14N2O3S. The summed E-state index contributed by atoms with van der Waals surface area (Å²) in [6, 6.07) is 13.4. The normalized spacial score (nSPS) is 9.76. The lowest BCUT2D eigenvalue weighted by atomic mass is 10.2. The van der Waals surface area contributed by atoms with Crippen LogP contribution in [0.15, 0.2) is 48.5 Å². The van der Waals surface area contributed by atoms with Crippen LogP contribution in [-0.2, 0) is 0 Å². The van der Waals surface area contributed by atoms with Gasteiger partial charge in [-0.1, -0.05) is 24.3 Å². The fourth-order valence-corrected chi connectivity index (χ4v) is 1.94. The maximum absolute atomic E-state index is 12.1. The number of phenols is 1. The van der Waals surface area contributed by atoms with Crippen molar-refractivity contribution in [2.24, 2.45) is 0 Å². The van der Waals surface area contributed by atoms with E-state index in [0.717, 1.165) is 0 Å². The van der Waals surface area contributed by atoms with E-state index in [4.69, 9.17) is 17.0 Å². The lowest BCUT2D eigenvalue weighted by Crippen LogP contribution is -2.34. The predicted molar refractivity (Wildman–Crippen MR) is 84.8 cm³/mol. The van der Waals surface area contributed by atoms with Crippen molar-refractivity contribution in [3.8, 4) is 11.5 Å². The Morgan fingerprint density at radius 2 is 1.81 bits per heavy atom. The fourth-order valence-electron chi connectivity index (χ4n) is 1.74. The smallest absolute Gasteiger partial charge is 0.261 e. The number of ether oxygens (including phenoxy) is 1. The van der Waals surface area contributed by atoms with Crippen LogP contribution in [0.25, 0.3) is 0 Å². The number of rotatable bonds is 3. The summed E-state index contributed by atoms with van der Waals surface area (Å²) in [6.07, 6.45) is 0. The molecule has 21 heavy (non-hydrogen) atoms. The van der Waals surface area contributed by atoms with Crippen molar-refractivity contribution in [2.75, 3.05) is 12.4 Å². The van der Waals surface area contributed by atoms with E-state index in [9.17, 15) is 9.90 Å². The molecule has 5 nitrogen and oxygen atoms in total. The Bertz CT molecular complexity index is 673. The first kappa shape index (κ1) is 14.8. The molecule has 0 saturated heterocycles. The minimum atomic E-state index is -0.389. The van der Waals surface area contributed by atoms with Gasteiger partial charge in [0.1, 0.15) is 11.5 Å². The zero-order chi connectivity index (χ0) is 15.2. The fraction of sp³-hybridized carbons (Fsp3) is 0.0667. The van der Waals surface area contributed by atoms with Crippen molar-refractivity contribution in [1.82, 2.24) is 5.32 Å². The summed E-state index contributed by atoms with van der Waals surface area (Å²) in [6.45, 7) is 0. The number of benzene rings is 2. The number of carbonyl (C=O) groups is 1. The van der Waals surface area contributed by atoms with Gasteiger partial charge in [-0.05, 0) is 36.5 Å². The molecule has 108 valence electrons. The predicted octanol–water partition coefficient (Wildman–Crippen LogP) is 2.53. The number of nitrogens with one attached hydrogen (secondary N) is 2. The number of anilines is 1. The van der Waals surface area contributed by atoms with Gasteiger partial charge >= 0.3 is 0 Å². The Labute approximate surface area is 127 Å². The number of thiocarbonyl (C=S) groups is 1. The quantitative estimate of drug-likeness (QED) is 0.600. The molecule has 0 atom stereocenters. The van der Waals surface area contributed by atoms with Crippen molar-refractivity contribution in [2.45, 2.75) is 0 Å². The highest BCUT2D eigenvalue weighted by Crippen LogP contribution is 2.21. The van der Waals surface area contributed by atoms with Crippen LogP contribution < -0.4 is 15.4 Å². The van der Waals surface area contributed by atoms with Gasteiger partial charge in [0, 0.05) is 0 Å². The highest BCUT2D eigenvalue weighted by atomic mass is 32.1. The van der Waals surface area contributed by atoms with Gasteiger partial charge in [-0.3, -0.25) is 10.1 Å². The SMILES string of the molecule is COc1ccccc1C(=O)NC(=S)Nc1ccccc1O. The lowest BCUT2D eigenvalue weighted by molar-refractivity contribution is 0.0975. The summed E-state index contributed by atoms with van der Waals surface area (Å²) >= 11 is 5.06. The van der Waals surface area contributed by atoms with E-state index >= 15 is 0 Å². The van der Waals surface area contributed by atoms with Crippen LogP contribution in [0.4, 0.5) is 5.69 Å². The second-order valence-corrected chi connectivity index (χ2v) is 4.53. The van der Waals surface area contributed by atoms with Gasteiger partial charge in [0.25, 0.3) is 5.91 Å². The van der Waals surface area contributed by atoms with Crippen LogP contribution in [0, 0.1) is 0 Å². The van der Waals surface area contributed by atoms with Gasteiger partial charge in [-0.2, -0.15) is 0 Å². The Morgan fingerprint density at radius 3 is 2.52 bits per heavy atom. The summed E-state index contributed by atoms with van der Waals surface area (Å²) in [5.74, 6) is 0.118. The summed E-state index contributed by atoms with van der Waals surface area (Å²) in [5.41, 5.74) is 0.796. The molecule has 0 fully saturated rings. The Balaban J connectivity index is 2.06. The van der Waals surface area contributed by atoms with Gasteiger partial charge in [0.15, 0.2) is 5.11 Å². The van der Waals surface area contributed by atoms with Crippen LogP contribution in [0.5, 0.6) is 11.5 Å². The molecule has 0 bridgehead atoms. The third kappa shape index (κ3) is 3.70. The van der Waals surface area contributed by atoms with E-state index in [2.05, 4.69) is 10.6 Å². The van der Waals surface area contributed by atoms with Crippen molar-refractivity contribution < 1.29 is 14.6 Å². The third-order valence-corrected chi connectivity index (χ3v) is 2.94. The van der Waals surface area contributed by atoms with Crippen molar-refractivity contribution in [1.29, 1.82) is 0 Å². The van der Waals surface area contributed by atoms with E-state index in [1.165, 1.54) is 13.2 Å². The van der Waals surface area contributed by atoms with Crippen molar-refractivity contribution >= 4 is 28.9 Å². The summed E-state index contributed by atoms with van der Waals surface area (Å²) in [5, 5.41) is 15.0. The Kier molecular flexibility index (Phi) is 4.73. The molecule has 2 aromatic carbocycles. The monoisotopic (exact) mass is 302 g/mol. The third-order valence-electron chi connectivity index (χ3n) is 2.73. The van der Waals surface area contributed by atoms with E-state index in [1.54, 1.807) is 42.5 Å². The molecule has 0 aliphatic rings. The minimum Gasteiger partial charge on any atom is -0.506 e. The topological polar surface area (TPSA) is 70.6 Å². The minimum absolute atomic E-state index is 0.0476. The van der Waals surface area contributed by atoms with Gasteiger partial charge in [-0.25, -0.2) is 0 Å². The standard InChI is InChI=1S/C15H14N2O3S/c1-20-13-9-5-2-6-10(13)14(19)17-15(21)16-11-7-3-4-8-12(11)18/h2-9,18H,1H3,(H2,16,17,19,21). The molecule has 0 spiro atoms. The number of hydrogen-bond donors (Lipinski definition) is 3. The number of carbonyl (C=O) groups excluding carboxylic acids is 1. The summed E-state index contributed by atoms with van der Waals surface area (Å²) in [4.78, 5) is 12.1. The van der Waals surface area contributed by atoms with E-state index < -0.39 is 0 Å². The number of methoxy groups -OCH3 is 1. The molecule has 0 heterocycles. The average molecular weight is 302 g/mol. The van der Waals surface area contributed by atoms with Gasteiger partial charge in [0.2, 0.25) is 0 Å². The molecule has 0 saturated carbocycles. The molecular weight excluding hydrogens is 288 g/mol. The lowest BCUT2D eigenvalue weighted by Gasteiger charge is -2.12. The number of aromatic hydroxyl groups is 1. The molecule has 2 aromatic rings. The zero-order valence-corrected chi connectivity index (χ0v) is 12.1. The number of phenolic OH excluding ortho intramolecular Hbond substituents is 1. The maximum Gasteiger partial charge on any atom is 0.261 e. The van der Waals surface area contributed by atoms with Crippen LogP contribution >= 0.6 is 12.2 Å². The second kappa shape index (κ2) is 6.71. The largest absolute Gasteiger partial charge is 0.506 e. The van der Waals surface area contributed by atoms with Crippen LogP contribution in [0.1, 0.15) is 10.4 Å². The first-order valence-electron chi connectivity index (χ1n) is 6.15. The molecule has 0 unspecified atom stereocenters. The molecule has 2 rings (SSSR count). The number of hydrogen-bond acceptors (Lipinski definition) is 4. The summed E-state index contributed by atoms with van der Waals surface area (Å²) < 4.78 is 5.12. The average Bonchev–Trinajstić information content (AvgIpc) is 2.49. The Morgan fingerprint density at radius 1 is 1.14 bits per heavy atom. The highest BCUT2D eigenvalue weighted by molar-refractivity contribution is 7.80. The van der Waals surface area contributed by atoms with Gasteiger partial charge in [0.05, 0.1) is 18.4 Å². The molecule has 0 radical (unpaired) electrons. The molecule has 0 aliphatic heterocycles. The molecule has 0 aromatic heterocycles. The molecule has 3 N–H and O–H groups in total. The number of amides is 1. The van der Waals surface area contributed by atoms with Gasteiger partial charge < -0.3 is 15.2 Å². The van der Waals surface area contributed by atoms with Crippen molar-refractivity contribution in [3.05, 3.63) is 54.1 Å². The van der Waals surface area contributed by atoms with Gasteiger partial charge in [-0.15, -0.1) is 0 Å². The number of para-hydroxylation sites is 3. The molecule has 6 heteroatoms. The first-order chi connectivity index (χ1) is 10.1. The Hall–Kier alpha value is -2.60. The maximum atomic E-state index is 12.1. The van der Waals surface area contributed by atoms with Crippen molar-refractivity contribution in [3.63, 3.8) is 0 Å². The van der Waals surface area contributed by atoms with E-state index in [-0.39, 0.29) is 16.8 Å². The van der Waals surface area contributed by atoms with Crippen LogP contribution in [-0.4, -0.2) is 23.2 Å².